The average molecular weight is 310 g/mol. The first-order valence-electron chi connectivity index (χ1n) is 7.39. The van der Waals surface area contributed by atoms with Crippen LogP contribution >= 0.6 is 11.6 Å². The Labute approximate surface area is 129 Å². The van der Waals surface area contributed by atoms with Gasteiger partial charge in [0.05, 0.1) is 11.3 Å². The molecule has 0 spiro atoms. The van der Waals surface area contributed by atoms with E-state index in [0.717, 1.165) is 12.8 Å². The van der Waals surface area contributed by atoms with Gasteiger partial charge in [-0.1, -0.05) is 37.3 Å². The van der Waals surface area contributed by atoms with Crippen LogP contribution in [-0.4, -0.2) is 17.0 Å². The Morgan fingerprint density at radius 3 is 2.48 bits per heavy atom. The molecule has 0 heterocycles. The van der Waals surface area contributed by atoms with Crippen LogP contribution in [0.25, 0.3) is 0 Å². The van der Waals surface area contributed by atoms with Gasteiger partial charge in [-0.2, -0.15) is 0 Å². The number of hydrogen-bond donors (Lipinski definition) is 2. The lowest BCUT2D eigenvalue weighted by Gasteiger charge is -2.14. The molecule has 1 aliphatic rings. The quantitative estimate of drug-likeness (QED) is 0.813. The molecule has 0 aliphatic heterocycles. The standard InChI is InChI=1S/C16H20ClNO3/c17-12-7-8-13(16(20)21)14(10-12)18-15(19)9-11-5-3-1-2-4-6-11/h7-8,10-11H,1-6,9H2,(H,18,19)(H,20,21). The van der Waals surface area contributed by atoms with Gasteiger partial charge in [0.15, 0.2) is 0 Å². The lowest BCUT2D eigenvalue weighted by atomic mass is 9.96. The SMILES string of the molecule is O=C(CC1CCCCCC1)Nc1cc(Cl)ccc1C(=O)O. The van der Waals surface area contributed by atoms with E-state index >= 15 is 0 Å². The van der Waals surface area contributed by atoms with Crippen LogP contribution in [0, 0.1) is 5.92 Å². The number of carbonyl (C=O) groups is 2. The fourth-order valence-corrected chi connectivity index (χ4v) is 3.01. The number of halogens is 1. The van der Waals surface area contributed by atoms with Crippen molar-refractivity contribution in [3.05, 3.63) is 28.8 Å². The first kappa shape index (κ1) is 15.8. The summed E-state index contributed by atoms with van der Waals surface area (Å²) in [7, 11) is 0. The molecule has 5 heteroatoms. The number of amides is 1. The summed E-state index contributed by atoms with van der Waals surface area (Å²) < 4.78 is 0. The zero-order chi connectivity index (χ0) is 15.2. The predicted octanol–water partition coefficient (Wildman–Crippen LogP) is 4.34. The molecule has 1 aliphatic carbocycles. The molecule has 21 heavy (non-hydrogen) atoms. The summed E-state index contributed by atoms with van der Waals surface area (Å²) in [6, 6.07) is 4.40. The van der Waals surface area contributed by atoms with Crippen LogP contribution in [0.5, 0.6) is 0 Å². The lowest BCUT2D eigenvalue weighted by molar-refractivity contribution is -0.117. The van der Waals surface area contributed by atoms with Crippen molar-refractivity contribution >= 4 is 29.2 Å². The fraction of sp³-hybridized carbons (Fsp3) is 0.500. The van der Waals surface area contributed by atoms with Crippen molar-refractivity contribution in [3.8, 4) is 0 Å². The average Bonchev–Trinajstić information content (AvgIpc) is 2.66. The summed E-state index contributed by atoms with van der Waals surface area (Å²) in [6.45, 7) is 0. The molecule has 1 aromatic carbocycles. The number of hydrogen-bond acceptors (Lipinski definition) is 2. The highest BCUT2D eigenvalue weighted by molar-refractivity contribution is 6.31. The first-order valence-corrected chi connectivity index (χ1v) is 7.77. The van der Waals surface area contributed by atoms with E-state index in [1.165, 1.54) is 43.9 Å². The van der Waals surface area contributed by atoms with Gasteiger partial charge in [-0.05, 0) is 37.0 Å². The van der Waals surface area contributed by atoms with E-state index in [4.69, 9.17) is 16.7 Å². The van der Waals surface area contributed by atoms with Crippen LogP contribution in [0.15, 0.2) is 18.2 Å². The number of carboxylic acids is 1. The van der Waals surface area contributed by atoms with Crippen LogP contribution in [-0.2, 0) is 4.79 Å². The van der Waals surface area contributed by atoms with Gasteiger partial charge in [0, 0.05) is 11.4 Å². The van der Waals surface area contributed by atoms with Gasteiger partial charge in [0.2, 0.25) is 5.91 Å². The van der Waals surface area contributed by atoms with Gasteiger partial charge in [0.25, 0.3) is 0 Å². The summed E-state index contributed by atoms with van der Waals surface area (Å²) >= 11 is 5.87. The maximum Gasteiger partial charge on any atom is 0.337 e. The Balaban J connectivity index is 2.01. The summed E-state index contributed by atoms with van der Waals surface area (Å²) in [6.07, 6.45) is 7.45. The maximum atomic E-state index is 12.1. The zero-order valence-corrected chi connectivity index (χ0v) is 12.7. The van der Waals surface area contributed by atoms with E-state index in [0.29, 0.717) is 17.4 Å². The highest BCUT2D eigenvalue weighted by atomic mass is 35.5. The second-order valence-electron chi connectivity index (χ2n) is 5.60. The minimum Gasteiger partial charge on any atom is -0.478 e. The van der Waals surface area contributed by atoms with E-state index < -0.39 is 5.97 Å². The third kappa shape index (κ3) is 4.74. The topological polar surface area (TPSA) is 66.4 Å². The molecule has 1 saturated carbocycles. The largest absolute Gasteiger partial charge is 0.478 e. The molecule has 0 aromatic heterocycles. The molecule has 0 unspecified atom stereocenters. The van der Waals surface area contributed by atoms with Crippen molar-refractivity contribution in [3.63, 3.8) is 0 Å². The Kier molecular flexibility index (Phi) is 5.62. The highest BCUT2D eigenvalue weighted by Gasteiger charge is 2.18. The highest BCUT2D eigenvalue weighted by Crippen LogP contribution is 2.27. The molecule has 0 atom stereocenters. The van der Waals surface area contributed by atoms with Crippen molar-refractivity contribution < 1.29 is 14.7 Å². The molecule has 2 N–H and O–H groups in total. The molecule has 114 valence electrons. The van der Waals surface area contributed by atoms with Crippen molar-refractivity contribution in [1.82, 2.24) is 0 Å². The second-order valence-corrected chi connectivity index (χ2v) is 6.04. The molecular formula is C16H20ClNO3. The predicted molar refractivity (Wildman–Crippen MR) is 82.9 cm³/mol. The third-order valence-corrected chi connectivity index (χ3v) is 4.17. The minimum absolute atomic E-state index is 0.0635. The molecule has 0 radical (unpaired) electrons. The van der Waals surface area contributed by atoms with E-state index in [9.17, 15) is 9.59 Å². The number of rotatable bonds is 4. The number of carbonyl (C=O) groups excluding carboxylic acids is 1. The van der Waals surface area contributed by atoms with Gasteiger partial charge in [-0.15, -0.1) is 0 Å². The van der Waals surface area contributed by atoms with E-state index in [2.05, 4.69) is 5.32 Å². The van der Waals surface area contributed by atoms with E-state index in [1.807, 2.05) is 0 Å². The van der Waals surface area contributed by atoms with Crippen LogP contribution in [0.4, 0.5) is 5.69 Å². The maximum absolute atomic E-state index is 12.1. The van der Waals surface area contributed by atoms with Crippen LogP contribution in [0.3, 0.4) is 0 Å². The second kappa shape index (κ2) is 7.46. The molecule has 2 rings (SSSR count). The van der Waals surface area contributed by atoms with E-state index in [1.54, 1.807) is 0 Å². The third-order valence-electron chi connectivity index (χ3n) is 3.93. The van der Waals surface area contributed by atoms with Crippen LogP contribution < -0.4 is 5.32 Å². The van der Waals surface area contributed by atoms with E-state index in [-0.39, 0.29) is 17.2 Å². The number of benzene rings is 1. The smallest absolute Gasteiger partial charge is 0.337 e. The Bertz CT molecular complexity index is 522. The Morgan fingerprint density at radius 1 is 1.19 bits per heavy atom. The number of anilines is 1. The number of carboxylic acid groups (broad SMARTS) is 1. The summed E-state index contributed by atoms with van der Waals surface area (Å²) in [4.78, 5) is 23.3. The van der Waals surface area contributed by atoms with Crippen molar-refractivity contribution in [2.75, 3.05) is 5.32 Å². The monoisotopic (exact) mass is 309 g/mol. The van der Waals surface area contributed by atoms with Gasteiger partial charge < -0.3 is 10.4 Å². The zero-order valence-electron chi connectivity index (χ0n) is 11.9. The number of aromatic carboxylic acids is 1. The van der Waals surface area contributed by atoms with Crippen LogP contribution in [0.2, 0.25) is 5.02 Å². The Hall–Kier alpha value is -1.55. The number of nitrogens with one attached hydrogen (secondary N) is 1. The molecular weight excluding hydrogens is 290 g/mol. The summed E-state index contributed by atoms with van der Waals surface area (Å²) in [5.41, 5.74) is 0.335. The molecule has 4 nitrogen and oxygen atoms in total. The lowest BCUT2D eigenvalue weighted by Crippen LogP contribution is -2.18. The molecule has 0 saturated heterocycles. The molecule has 1 aromatic rings. The fourth-order valence-electron chi connectivity index (χ4n) is 2.84. The minimum atomic E-state index is -1.07. The molecule has 0 bridgehead atoms. The van der Waals surface area contributed by atoms with Crippen molar-refractivity contribution in [2.45, 2.75) is 44.9 Å². The summed E-state index contributed by atoms with van der Waals surface area (Å²) in [5.74, 6) is -0.803. The van der Waals surface area contributed by atoms with Gasteiger partial charge >= 0.3 is 5.97 Å². The van der Waals surface area contributed by atoms with Gasteiger partial charge in [-0.3, -0.25) is 4.79 Å². The normalized spacial score (nSPS) is 16.2. The van der Waals surface area contributed by atoms with Gasteiger partial charge in [0.1, 0.15) is 0 Å². The van der Waals surface area contributed by atoms with Crippen molar-refractivity contribution in [1.29, 1.82) is 0 Å². The first-order chi connectivity index (χ1) is 10.1. The van der Waals surface area contributed by atoms with Crippen molar-refractivity contribution in [2.24, 2.45) is 5.92 Å². The van der Waals surface area contributed by atoms with Gasteiger partial charge in [-0.25, -0.2) is 4.79 Å². The summed E-state index contributed by atoms with van der Waals surface area (Å²) in [5, 5.41) is 12.2. The Morgan fingerprint density at radius 2 is 1.86 bits per heavy atom. The molecule has 1 fully saturated rings. The molecule has 1 amide bonds. The van der Waals surface area contributed by atoms with Crippen LogP contribution in [0.1, 0.15) is 55.3 Å².